The van der Waals surface area contributed by atoms with Crippen LogP contribution in [-0.2, 0) is 13.0 Å². The Bertz CT molecular complexity index is 1210. The molecule has 0 amide bonds. The van der Waals surface area contributed by atoms with Crippen LogP contribution in [0.5, 0.6) is 0 Å². The summed E-state index contributed by atoms with van der Waals surface area (Å²) in [5.74, 6) is 0.788. The lowest BCUT2D eigenvalue weighted by Crippen LogP contribution is -2.38. The number of nitrogens with zero attached hydrogens (tertiary/aromatic N) is 5. The molecule has 6 heteroatoms. The second-order valence-corrected chi connectivity index (χ2v) is 10.4. The van der Waals surface area contributed by atoms with E-state index in [1.54, 1.807) is 12.7 Å². The number of fused-ring (bicyclic) bond motifs is 1. The second-order valence-electron chi connectivity index (χ2n) is 10.4. The van der Waals surface area contributed by atoms with Gasteiger partial charge in [0, 0.05) is 42.8 Å². The molecule has 0 aliphatic carbocycles. The van der Waals surface area contributed by atoms with Gasteiger partial charge in [0.1, 0.15) is 12.7 Å². The van der Waals surface area contributed by atoms with E-state index in [2.05, 4.69) is 79.6 Å². The van der Waals surface area contributed by atoms with Gasteiger partial charge in [0.05, 0.1) is 6.54 Å². The predicted octanol–water partition coefficient (Wildman–Crippen LogP) is 4.90. The molecule has 2 fully saturated rings. The van der Waals surface area contributed by atoms with E-state index in [-0.39, 0.29) is 0 Å². The van der Waals surface area contributed by atoms with Gasteiger partial charge < -0.3 is 9.88 Å². The van der Waals surface area contributed by atoms with Crippen molar-refractivity contribution in [1.29, 1.82) is 0 Å². The summed E-state index contributed by atoms with van der Waals surface area (Å²) in [4.78, 5) is 13.0. The third-order valence-electron chi connectivity index (χ3n) is 8.00. The van der Waals surface area contributed by atoms with Gasteiger partial charge in [-0.3, -0.25) is 4.90 Å². The number of nitrogens with one attached hydrogen (secondary N) is 1. The van der Waals surface area contributed by atoms with Crippen molar-refractivity contribution >= 4 is 10.9 Å². The number of piperidine rings is 1. The molecule has 2 atom stereocenters. The molecule has 6 rings (SSSR count). The topological polar surface area (TPSA) is 53.0 Å². The van der Waals surface area contributed by atoms with E-state index in [0.717, 1.165) is 25.4 Å². The minimum atomic E-state index is 0.608. The third kappa shape index (κ3) is 5.19. The van der Waals surface area contributed by atoms with Crippen molar-refractivity contribution in [1.82, 2.24) is 29.5 Å². The molecule has 0 radical (unpaired) electrons. The van der Waals surface area contributed by atoms with Gasteiger partial charge in [0.2, 0.25) is 0 Å². The fourth-order valence-electron chi connectivity index (χ4n) is 6.17. The van der Waals surface area contributed by atoms with E-state index in [1.165, 1.54) is 79.5 Å². The molecule has 6 nitrogen and oxygen atoms in total. The summed E-state index contributed by atoms with van der Waals surface area (Å²) in [5.41, 5.74) is 5.41. The second kappa shape index (κ2) is 10.3. The van der Waals surface area contributed by atoms with Crippen molar-refractivity contribution in [3.05, 3.63) is 84.1 Å². The van der Waals surface area contributed by atoms with Crippen LogP contribution < -0.4 is 0 Å². The maximum absolute atomic E-state index is 4.25. The number of aromatic nitrogens is 4. The van der Waals surface area contributed by atoms with Gasteiger partial charge in [-0.25, -0.2) is 9.67 Å². The van der Waals surface area contributed by atoms with Crippen LogP contribution in [0.3, 0.4) is 0 Å². The number of rotatable bonds is 8. The van der Waals surface area contributed by atoms with Crippen molar-refractivity contribution in [2.45, 2.75) is 44.7 Å². The maximum atomic E-state index is 4.25. The van der Waals surface area contributed by atoms with E-state index in [0.29, 0.717) is 6.04 Å². The van der Waals surface area contributed by atoms with E-state index >= 15 is 0 Å². The molecule has 2 aliphatic rings. The van der Waals surface area contributed by atoms with Crippen molar-refractivity contribution < 1.29 is 0 Å². The zero-order chi connectivity index (χ0) is 23.5. The molecule has 0 bridgehead atoms. The average molecular weight is 469 g/mol. The van der Waals surface area contributed by atoms with E-state index < -0.39 is 0 Å². The van der Waals surface area contributed by atoms with Gasteiger partial charge in [-0.05, 0) is 73.5 Å². The molecule has 2 aliphatic heterocycles. The summed E-state index contributed by atoms with van der Waals surface area (Å²) in [7, 11) is 0. The summed E-state index contributed by atoms with van der Waals surface area (Å²) < 4.78 is 1.88. The van der Waals surface area contributed by atoms with Crippen molar-refractivity contribution in [3.63, 3.8) is 0 Å². The quantitative estimate of drug-likeness (QED) is 0.400. The molecule has 2 saturated heterocycles. The number of H-pyrrole nitrogens is 1. The Morgan fingerprint density at radius 2 is 1.94 bits per heavy atom. The average Bonchev–Trinajstić information content (AvgIpc) is 3.66. The van der Waals surface area contributed by atoms with Crippen molar-refractivity contribution in [2.24, 2.45) is 5.92 Å². The molecule has 0 unspecified atom stereocenters. The normalized spacial score (nSPS) is 21.7. The Kier molecular flexibility index (Phi) is 6.65. The summed E-state index contributed by atoms with van der Waals surface area (Å²) in [5, 5.41) is 5.59. The number of hydrogen-bond donors (Lipinski definition) is 1. The van der Waals surface area contributed by atoms with Gasteiger partial charge >= 0.3 is 0 Å². The zero-order valence-electron chi connectivity index (χ0n) is 20.5. The Morgan fingerprint density at radius 1 is 1.00 bits per heavy atom. The lowest BCUT2D eigenvalue weighted by Gasteiger charge is -2.37. The van der Waals surface area contributed by atoms with E-state index in [9.17, 15) is 0 Å². The van der Waals surface area contributed by atoms with Crippen molar-refractivity contribution in [2.75, 3.05) is 32.7 Å². The molecular weight excluding hydrogens is 432 g/mol. The number of hydrogen-bond acceptors (Lipinski definition) is 4. The van der Waals surface area contributed by atoms with Gasteiger partial charge in [-0.2, -0.15) is 5.10 Å². The molecule has 35 heavy (non-hydrogen) atoms. The highest BCUT2D eigenvalue weighted by Gasteiger charge is 2.29. The van der Waals surface area contributed by atoms with Crippen LogP contribution >= 0.6 is 0 Å². The number of likely N-dealkylation sites (tertiary alicyclic amines) is 2. The first-order valence-corrected chi connectivity index (χ1v) is 13.2. The molecule has 182 valence electrons. The fourth-order valence-corrected chi connectivity index (χ4v) is 6.17. The first-order chi connectivity index (χ1) is 17.3. The minimum absolute atomic E-state index is 0.608. The van der Waals surface area contributed by atoms with Gasteiger partial charge in [-0.1, -0.05) is 42.8 Å². The van der Waals surface area contributed by atoms with Gasteiger partial charge in [0.25, 0.3) is 0 Å². The largest absolute Gasteiger partial charge is 0.361 e. The highest BCUT2D eigenvalue weighted by atomic mass is 15.3. The Hall–Kier alpha value is -2.96. The summed E-state index contributed by atoms with van der Waals surface area (Å²) >= 11 is 0. The molecule has 0 spiro atoms. The van der Waals surface area contributed by atoms with Gasteiger partial charge in [-0.15, -0.1) is 0 Å². The Morgan fingerprint density at radius 3 is 2.83 bits per heavy atom. The molecule has 2 aromatic carbocycles. The van der Waals surface area contributed by atoms with Crippen LogP contribution in [0.1, 0.15) is 48.4 Å². The maximum Gasteiger partial charge on any atom is 0.137 e. The van der Waals surface area contributed by atoms with Crippen LogP contribution in [0.25, 0.3) is 10.9 Å². The molecule has 0 saturated carbocycles. The number of aromatic amines is 1. The standard InChI is InChI=1S/C29H36N6/c1-2-6-25(7-3-1)29-8-4-5-13-34(29)19-24-11-14-33(18-24)15-12-26-17-31-28-10-9-23(16-27(26)28)20-35-22-30-21-32-35/h1-3,6-7,9-10,16-17,21-22,24,29,31H,4-5,8,11-15,18-20H2/t24-,29-/m1/s1. The van der Waals surface area contributed by atoms with Crippen LogP contribution in [-0.4, -0.2) is 62.3 Å². The van der Waals surface area contributed by atoms with E-state index in [1.807, 2.05) is 4.68 Å². The first-order valence-electron chi connectivity index (χ1n) is 13.2. The van der Waals surface area contributed by atoms with Crippen LogP contribution in [0.15, 0.2) is 67.4 Å². The lowest BCUT2D eigenvalue weighted by molar-refractivity contribution is 0.125. The van der Waals surface area contributed by atoms with Crippen LogP contribution in [0, 0.1) is 5.92 Å². The summed E-state index contributed by atoms with van der Waals surface area (Å²) in [6, 6.07) is 18.5. The number of benzene rings is 2. The predicted molar refractivity (Wildman–Crippen MR) is 140 cm³/mol. The Labute approximate surface area is 208 Å². The SMILES string of the molecule is c1ccc([C@H]2CCCCN2C[C@@H]2CCN(CCc3c[nH]c4ccc(Cn5cncn5)cc34)C2)cc1. The monoisotopic (exact) mass is 468 g/mol. The Balaban J connectivity index is 1.05. The fraction of sp³-hybridized carbons (Fsp3) is 0.448. The zero-order valence-corrected chi connectivity index (χ0v) is 20.5. The molecule has 4 aromatic rings. The van der Waals surface area contributed by atoms with Crippen LogP contribution in [0.4, 0.5) is 0 Å². The molecule has 4 heterocycles. The highest BCUT2D eigenvalue weighted by molar-refractivity contribution is 5.83. The minimum Gasteiger partial charge on any atom is -0.361 e. The third-order valence-corrected chi connectivity index (χ3v) is 8.00. The summed E-state index contributed by atoms with van der Waals surface area (Å²) in [6.07, 6.45) is 12.0. The molecular formula is C29H36N6. The summed E-state index contributed by atoms with van der Waals surface area (Å²) in [6.45, 7) is 6.86. The lowest BCUT2D eigenvalue weighted by atomic mass is 9.94. The molecule has 2 aromatic heterocycles. The highest BCUT2D eigenvalue weighted by Crippen LogP contribution is 2.32. The first kappa shape index (κ1) is 22.5. The van der Waals surface area contributed by atoms with Crippen molar-refractivity contribution in [3.8, 4) is 0 Å². The van der Waals surface area contributed by atoms with Crippen LogP contribution in [0.2, 0.25) is 0 Å². The van der Waals surface area contributed by atoms with E-state index in [4.69, 9.17) is 0 Å². The smallest absolute Gasteiger partial charge is 0.137 e. The molecule has 1 N–H and O–H groups in total. The van der Waals surface area contributed by atoms with Gasteiger partial charge in [0.15, 0.2) is 0 Å².